The number of halogens is 1. The quantitative estimate of drug-likeness (QED) is 0.206. The zero-order valence-electron chi connectivity index (χ0n) is 19.6. The monoisotopic (exact) mass is 458 g/mol. The lowest BCUT2D eigenvalue weighted by atomic mass is 9.93. The van der Waals surface area contributed by atoms with Crippen molar-refractivity contribution in [3.05, 3.63) is 64.8 Å². The number of ether oxygens (including phenoxy) is 1. The van der Waals surface area contributed by atoms with Crippen LogP contribution in [-0.4, -0.2) is 27.2 Å². The molecule has 1 heterocycles. The molecule has 1 aromatic carbocycles. The smallest absolute Gasteiger partial charge is 0.331 e. The van der Waals surface area contributed by atoms with Crippen LogP contribution in [0.3, 0.4) is 0 Å². The molecule has 0 aromatic heterocycles. The van der Waals surface area contributed by atoms with Gasteiger partial charge in [-0.05, 0) is 90.0 Å². The molecule has 2 unspecified atom stereocenters. The lowest BCUT2D eigenvalue weighted by molar-refractivity contribution is -0.132. The number of hydrogen-bond donors (Lipinski definition) is 2. The second-order valence-corrected chi connectivity index (χ2v) is 9.47. The molecule has 2 atom stereocenters. The van der Waals surface area contributed by atoms with Crippen LogP contribution in [0.1, 0.15) is 70.4 Å². The van der Waals surface area contributed by atoms with Crippen molar-refractivity contribution in [3.8, 4) is 11.5 Å². The van der Waals surface area contributed by atoms with E-state index in [1.165, 1.54) is 5.57 Å². The average Bonchev–Trinajstić information content (AvgIpc) is 2.70. The van der Waals surface area contributed by atoms with Gasteiger partial charge in [0.2, 0.25) is 0 Å². The Balaban J connectivity index is 1.87. The van der Waals surface area contributed by atoms with E-state index in [4.69, 9.17) is 16.3 Å². The largest absolute Gasteiger partial charge is 0.508 e. The van der Waals surface area contributed by atoms with E-state index in [2.05, 4.69) is 26.5 Å². The van der Waals surface area contributed by atoms with Crippen molar-refractivity contribution in [3.63, 3.8) is 0 Å². The van der Waals surface area contributed by atoms with E-state index in [0.29, 0.717) is 24.8 Å². The molecule has 0 bridgehead atoms. The van der Waals surface area contributed by atoms with Crippen LogP contribution >= 0.6 is 11.6 Å². The van der Waals surface area contributed by atoms with Crippen LogP contribution in [0.25, 0.3) is 6.08 Å². The summed E-state index contributed by atoms with van der Waals surface area (Å²) in [4.78, 5) is 11.5. The summed E-state index contributed by atoms with van der Waals surface area (Å²) in [6.07, 6.45) is 12.3. The number of phenolic OH excluding ortho intramolecular Hbond substituents is 1. The average molecular weight is 459 g/mol. The number of benzene rings is 1. The fourth-order valence-electron chi connectivity index (χ4n) is 3.72. The minimum absolute atomic E-state index is 0.196. The third-order valence-corrected chi connectivity index (χ3v) is 6.37. The number of fused-ring (bicyclic) bond motifs is 1. The molecular formula is C27H35ClO4. The Morgan fingerprint density at radius 3 is 2.62 bits per heavy atom. The number of rotatable bonds is 11. The van der Waals surface area contributed by atoms with Crippen molar-refractivity contribution in [2.45, 2.75) is 77.2 Å². The molecular weight excluding hydrogens is 424 g/mol. The molecule has 1 aliphatic heterocycles. The van der Waals surface area contributed by atoms with Crippen molar-refractivity contribution < 1.29 is 19.7 Å². The van der Waals surface area contributed by atoms with Crippen LogP contribution in [0.5, 0.6) is 11.5 Å². The molecule has 1 aliphatic rings. The molecule has 0 aliphatic carbocycles. The molecule has 32 heavy (non-hydrogen) atoms. The van der Waals surface area contributed by atoms with Crippen LogP contribution in [0.2, 0.25) is 0 Å². The van der Waals surface area contributed by atoms with E-state index in [0.717, 1.165) is 41.7 Å². The molecule has 2 N–H and O–H groups in total. The first-order valence-corrected chi connectivity index (χ1v) is 11.5. The number of carboxylic acids is 1. The Bertz CT molecular complexity index is 941. The molecule has 2 rings (SSSR count). The minimum atomic E-state index is -0.879. The standard InChI is InChI=1S/C27H35ClO4/c1-18(2)24(28)12-11-21(26(30)31)10-6-8-19(3)9-7-14-27(5)15-13-22-17-23(29)16-20(4)25(22)32-27/h9-10,13,15-17,24,29H,1,6-8,11-12,14H2,2-5H3,(H,30,31)/b19-9+,21-10-. The van der Waals surface area contributed by atoms with Gasteiger partial charge < -0.3 is 14.9 Å². The maximum atomic E-state index is 11.5. The second kappa shape index (κ2) is 11.4. The molecule has 174 valence electrons. The van der Waals surface area contributed by atoms with Gasteiger partial charge in [0.15, 0.2) is 0 Å². The van der Waals surface area contributed by atoms with Gasteiger partial charge in [-0.25, -0.2) is 4.79 Å². The van der Waals surface area contributed by atoms with E-state index in [1.807, 2.05) is 32.1 Å². The maximum absolute atomic E-state index is 11.5. The molecule has 4 nitrogen and oxygen atoms in total. The van der Waals surface area contributed by atoms with E-state index in [-0.39, 0.29) is 11.1 Å². The third-order valence-electron chi connectivity index (χ3n) is 5.78. The summed E-state index contributed by atoms with van der Waals surface area (Å²) >= 11 is 6.17. The lowest BCUT2D eigenvalue weighted by Gasteiger charge is -2.32. The van der Waals surface area contributed by atoms with Crippen LogP contribution in [0.4, 0.5) is 0 Å². The maximum Gasteiger partial charge on any atom is 0.331 e. The third kappa shape index (κ3) is 7.59. The van der Waals surface area contributed by atoms with Crippen LogP contribution < -0.4 is 4.74 Å². The molecule has 1 aromatic rings. The first kappa shape index (κ1) is 25.8. The highest BCUT2D eigenvalue weighted by atomic mass is 35.5. The molecule has 5 heteroatoms. The number of aryl methyl sites for hydroxylation is 1. The highest BCUT2D eigenvalue weighted by molar-refractivity contribution is 6.22. The van der Waals surface area contributed by atoms with Gasteiger partial charge in [-0.15, -0.1) is 11.6 Å². The summed E-state index contributed by atoms with van der Waals surface area (Å²) in [5, 5.41) is 19.0. The van der Waals surface area contributed by atoms with Gasteiger partial charge in [-0.1, -0.05) is 36.0 Å². The number of carbonyl (C=O) groups is 1. The molecule has 0 saturated carbocycles. The number of allylic oxidation sites excluding steroid dienone is 4. The number of aromatic hydroxyl groups is 1. The van der Waals surface area contributed by atoms with E-state index in [9.17, 15) is 15.0 Å². The predicted molar refractivity (Wildman–Crippen MR) is 133 cm³/mol. The van der Waals surface area contributed by atoms with Gasteiger partial charge in [0, 0.05) is 11.1 Å². The highest BCUT2D eigenvalue weighted by Crippen LogP contribution is 2.38. The van der Waals surface area contributed by atoms with Crippen LogP contribution in [0, 0.1) is 6.92 Å². The van der Waals surface area contributed by atoms with E-state index < -0.39 is 11.6 Å². The number of aliphatic carboxylic acids is 1. The summed E-state index contributed by atoms with van der Waals surface area (Å²) in [5.74, 6) is 0.191. The second-order valence-electron chi connectivity index (χ2n) is 8.94. The summed E-state index contributed by atoms with van der Waals surface area (Å²) in [6, 6.07) is 3.43. The number of carboxylic acid groups (broad SMARTS) is 1. The summed E-state index contributed by atoms with van der Waals surface area (Å²) in [6.45, 7) is 11.8. The summed E-state index contributed by atoms with van der Waals surface area (Å²) < 4.78 is 6.27. The Hall–Kier alpha value is -2.46. The normalized spacial score (nSPS) is 19.3. The van der Waals surface area contributed by atoms with E-state index in [1.54, 1.807) is 12.1 Å². The summed E-state index contributed by atoms with van der Waals surface area (Å²) in [5.41, 5.74) is 3.93. The van der Waals surface area contributed by atoms with Crippen LogP contribution in [-0.2, 0) is 4.79 Å². The van der Waals surface area contributed by atoms with Crippen molar-refractivity contribution in [1.29, 1.82) is 0 Å². The molecule has 0 amide bonds. The Kier molecular flexibility index (Phi) is 9.21. The van der Waals surface area contributed by atoms with Crippen molar-refractivity contribution in [1.82, 2.24) is 0 Å². The number of phenols is 1. The fraction of sp³-hybridized carbons (Fsp3) is 0.444. The number of hydrogen-bond acceptors (Lipinski definition) is 3. The van der Waals surface area contributed by atoms with Crippen LogP contribution in [0.15, 0.2) is 53.7 Å². The van der Waals surface area contributed by atoms with Gasteiger partial charge in [0.1, 0.15) is 17.1 Å². The zero-order chi connectivity index (χ0) is 23.9. The molecule has 0 radical (unpaired) electrons. The van der Waals surface area contributed by atoms with Gasteiger partial charge in [-0.3, -0.25) is 0 Å². The minimum Gasteiger partial charge on any atom is -0.508 e. The predicted octanol–water partition coefficient (Wildman–Crippen LogP) is 7.35. The van der Waals surface area contributed by atoms with Crippen molar-refractivity contribution in [2.75, 3.05) is 0 Å². The van der Waals surface area contributed by atoms with Gasteiger partial charge in [0.05, 0.1) is 5.38 Å². The first-order chi connectivity index (χ1) is 15.0. The topological polar surface area (TPSA) is 66.8 Å². The molecule has 0 fully saturated rings. The Morgan fingerprint density at radius 1 is 1.25 bits per heavy atom. The van der Waals surface area contributed by atoms with Gasteiger partial charge >= 0.3 is 5.97 Å². The lowest BCUT2D eigenvalue weighted by Crippen LogP contribution is -2.32. The first-order valence-electron chi connectivity index (χ1n) is 11.1. The van der Waals surface area contributed by atoms with Gasteiger partial charge in [-0.2, -0.15) is 0 Å². The Morgan fingerprint density at radius 2 is 1.97 bits per heavy atom. The molecule has 0 spiro atoms. The zero-order valence-corrected chi connectivity index (χ0v) is 20.3. The van der Waals surface area contributed by atoms with E-state index >= 15 is 0 Å². The Labute approximate surface area is 196 Å². The fourth-order valence-corrected chi connectivity index (χ4v) is 3.83. The molecule has 0 saturated heterocycles. The number of alkyl halides is 1. The highest BCUT2D eigenvalue weighted by Gasteiger charge is 2.27. The summed E-state index contributed by atoms with van der Waals surface area (Å²) in [7, 11) is 0. The SMILES string of the molecule is C=C(C)C(Cl)CC/C(=C/CC/C(C)=C/CCC1(C)C=Cc2cc(O)cc(C)c2O1)C(=O)O. The van der Waals surface area contributed by atoms with Gasteiger partial charge in [0.25, 0.3) is 0 Å². The van der Waals surface area contributed by atoms with Crippen molar-refractivity contribution in [2.24, 2.45) is 0 Å². The van der Waals surface area contributed by atoms with Crippen molar-refractivity contribution >= 4 is 23.6 Å².